The van der Waals surface area contributed by atoms with Gasteiger partial charge in [0.2, 0.25) is 5.91 Å². The first-order valence-electron chi connectivity index (χ1n) is 6.54. The number of nitrogens with two attached hydrogens (primary N) is 1. The predicted molar refractivity (Wildman–Crippen MR) is 86.3 cm³/mol. The first-order valence-corrected chi connectivity index (χ1v) is 8.36. The van der Waals surface area contributed by atoms with E-state index in [1.54, 1.807) is 6.92 Å². The Morgan fingerprint density at radius 2 is 1.83 bits per heavy atom. The molecule has 0 bridgehead atoms. The van der Waals surface area contributed by atoms with Crippen LogP contribution in [0.15, 0.2) is 47.4 Å². The highest BCUT2D eigenvalue weighted by Gasteiger charge is 2.26. The maximum atomic E-state index is 13.0. The molecular weight excluding hydrogens is 343 g/mol. The van der Waals surface area contributed by atoms with Gasteiger partial charge in [-0.1, -0.05) is 11.6 Å². The van der Waals surface area contributed by atoms with Crippen molar-refractivity contribution in [2.75, 3.05) is 10.8 Å². The van der Waals surface area contributed by atoms with Crippen LogP contribution in [0.3, 0.4) is 0 Å². The molecule has 0 aromatic heterocycles. The number of primary amides is 1. The van der Waals surface area contributed by atoms with E-state index in [-0.39, 0.29) is 10.6 Å². The summed E-state index contributed by atoms with van der Waals surface area (Å²) in [6, 6.07) is 8.85. The molecule has 5 nitrogen and oxygen atoms in total. The molecule has 0 aliphatic rings. The summed E-state index contributed by atoms with van der Waals surface area (Å²) in [5.41, 5.74) is 6.06. The third-order valence-corrected chi connectivity index (χ3v) is 5.34. The number of hydrogen-bond donors (Lipinski definition) is 1. The highest BCUT2D eigenvalue weighted by molar-refractivity contribution is 7.92. The van der Waals surface area contributed by atoms with Crippen molar-refractivity contribution >= 4 is 33.2 Å². The van der Waals surface area contributed by atoms with Crippen molar-refractivity contribution in [1.29, 1.82) is 0 Å². The first kappa shape index (κ1) is 17.2. The molecule has 2 aromatic rings. The van der Waals surface area contributed by atoms with Gasteiger partial charge in [-0.25, -0.2) is 12.8 Å². The SMILES string of the molecule is Cc1cc(N(CC(N)=O)S(=O)(=O)c2ccc(F)cc2)ccc1Cl. The number of nitrogens with zero attached hydrogens (tertiary/aromatic N) is 1. The summed E-state index contributed by atoms with van der Waals surface area (Å²) in [6.07, 6.45) is 0. The van der Waals surface area contributed by atoms with Gasteiger partial charge in [0.25, 0.3) is 10.0 Å². The normalized spacial score (nSPS) is 11.3. The molecule has 1 amide bonds. The van der Waals surface area contributed by atoms with Crippen LogP contribution >= 0.6 is 11.6 Å². The van der Waals surface area contributed by atoms with E-state index in [2.05, 4.69) is 0 Å². The van der Waals surface area contributed by atoms with Gasteiger partial charge in [-0.15, -0.1) is 0 Å². The van der Waals surface area contributed by atoms with Crippen molar-refractivity contribution in [2.24, 2.45) is 5.73 Å². The number of amides is 1. The van der Waals surface area contributed by atoms with Crippen molar-refractivity contribution in [2.45, 2.75) is 11.8 Å². The van der Waals surface area contributed by atoms with Crippen LogP contribution in [0.4, 0.5) is 10.1 Å². The van der Waals surface area contributed by atoms with Crippen LogP contribution in [0.2, 0.25) is 5.02 Å². The molecule has 2 aromatic carbocycles. The summed E-state index contributed by atoms with van der Waals surface area (Å²) in [5, 5.41) is 0.465. The molecule has 0 unspecified atom stereocenters. The zero-order chi connectivity index (χ0) is 17.2. The van der Waals surface area contributed by atoms with Gasteiger partial charge in [-0.3, -0.25) is 9.10 Å². The second-order valence-electron chi connectivity index (χ2n) is 4.87. The summed E-state index contributed by atoms with van der Waals surface area (Å²) in [7, 11) is -4.07. The number of anilines is 1. The molecule has 8 heteroatoms. The van der Waals surface area contributed by atoms with Crippen LogP contribution in [0.5, 0.6) is 0 Å². The highest BCUT2D eigenvalue weighted by Crippen LogP contribution is 2.27. The van der Waals surface area contributed by atoms with Crippen LogP contribution in [-0.4, -0.2) is 20.9 Å². The highest BCUT2D eigenvalue weighted by atomic mass is 35.5. The Balaban J connectivity index is 2.55. The Morgan fingerprint density at radius 1 is 1.22 bits per heavy atom. The number of carbonyl (C=O) groups is 1. The largest absolute Gasteiger partial charge is 0.368 e. The Labute approximate surface area is 138 Å². The summed E-state index contributed by atoms with van der Waals surface area (Å²) in [4.78, 5) is 11.2. The van der Waals surface area contributed by atoms with E-state index in [0.717, 1.165) is 28.6 Å². The molecule has 0 saturated carbocycles. The summed E-state index contributed by atoms with van der Waals surface area (Å²) < 4.78 is 39.4. The third kappa shape index (κ3) is 3.80. The molecule has 0 fully saturated rings. The standard InChI is InChI=1S/C15H14ClFN2O3S/c1-10-8-12(4-7-14(10)16)19(9-15(18)20)23(21,22)13-5-2-11(17)3-6-13/h2-8H,9H2,1H3,(H2,18,20). The monoisotopic (exact) mass is 356 g/mol. The topological polar surface area (TPSA) is 80.5 Å². The lowest BCUT2D eigenvalue weighted by Crippen LogP contribution is -2.38. The molecule has 23 heavy (non-hydrogen) atoms. The molecule has 0 atom stereocenters. The van der Waals surface area contributed by atoms with Gasteiger partial charge >= 0.3 is 0 Å². The average Bonchev–Trinajstić information content (AvgIpc) is 2.48. The number of sulfonamides is 1. The van der Waals surface area contributed by atoms with Crippen molar-refractivity contribution in [3.8, 4) is 0 Å². The molecule has 2 rings (SSSR count). The fraction of sp³-hybridized carbons (Fsp3) is 0.133. The van der Waals surface area contributed by atoms with E-state index < -0.39 is 28.3 Å². The first-order chi connectivity index (χ1) is 10.7. The van der Waals surface area contributed by atoms with Gasteiger partial charge in [0.15, 0.2) is 0 Å². The predicted octanol–water partition coefficient (Wildman–Crippen LogP) is 2.47. The Morgan fingerprint density at radius 3 is 2.35 bits per heavy atom. The Bertz CT molecular complexity index is 838. The lowest BCUT2D eigenvalue weighted by Gasteiger charge is -2.23. The molecule has 2 N–H and O–H groups in total. The van der Waals surface area contributed by atoms with Gasteiger partial charge in [-0.2, -0.15) is 0 Å². The summed E-state index contributed by atoms with van der Waals surface area (Å²) >= 11 is 5.94. The summed E-state index contributed by atoms with van der Waals surface area (Å²) in [5.74, 6) is -1.38. The average molecular weight is 357 g/mol. The maximum Gasteiger partial charge on any atom is 0.264 e. The van der Waals surface area contributed by atoms with Crippen LogP contribution in [0.25, 0.3) is 0 Å². The van der Waals surface area contributed by atoms with Crippen LogP contribution in [0.1, 0.15) is 5.56 Å². The van der Waals surface area contributed by atoms with Gasteiger partial charge < -0.3 is 5.73 Å². The minimum absolute atomic E-state index is 0.146. The zero-order valence-corrected chi connectivity index (χ0v) is 13.7. The lowest BCUT2D eigenvalue weighted by molar-refractivity contribution is -0.116. The zero-order valence-electron chi connectivity index (χ0n) is 12.2. The molecule has 0 saturated heterocycles. The van der Waals surface area contributed by atoms with Crippen LogP contribution < -0.4 is 10.0 Å². The molecule has 0 aliphatic heterocycles. The van der Waals surface area contributed by atoms with E-state index in [4.69, 9.17) is 17.3 Å². The van der Waals surface area contributed by atoms with Crippen molar-refractivity contribution in [1.82, 2.24) is 0 Å². The van der Waals surface area contributed by atoms with Gasteiger partial charge in [0.05, 0.1) is 10.6 Å². The number of carbonyl (C=O) groups excluding carboxylic acids is 1. The fourth-order valence-electron chi connectivity index (χ4n) is 1.97. The molecule has 0 aliphatic carbocycles. The second kappa shape index (κ2) is 6.55. The molecule has 0 heterocycles. The van der Waals surface area contributed by atoms with Crippen LogP contribution in [-0.2, 0) is 14.8 Å². The van der Waals surface area contributed by atoms with E-state index in [0.29, 0.717) is 10.6 Å². The number of rotatable bonds is 5. The van der Waals surface area contributed by atoms with Crippen molar-refractivity contribution in [3.63, 3.8) is 0 Å². The number of aryl methyl sites for hydroxylation is 1. The number of benzene rings is 2. The van der Waals surface area contributed by atoms with E-state index in [1.807, 2.05) is 0 Å². The van der Waals surface area contributed by atoms with Crippen LogP contribution in [0, 0.1) is 12.7 Å². The summed E-state index contributed by atoms with van der Waals surface area (Å²) in [6.45, 7) is 1.17. The lowest BCUT2D eigenvalue weighted by atomic mass is 10.2. The van der Waals surface area contributed by atoms with Gasteiger partial charge in [0, 0.05) is 5.02 Å². The van der Waals surface area contributed by atoms with Gasteiger partial charge in [0.1, 0.15) is 12.4 Å². The maximum absolute atomic E-state index is 13.0. The Hall–Kier alpha value is -2.12. The molecular formula is C15H14ClFN2O3S. The second-order valence-corrected chi connectivity index (χ2v) is 7.13. The molecule has 0 radical (unpaired) electrons. The smallest absolute Gasteiger partial charge is 0.264 e. The van der Waals surface area contributed by atoms with Crippen molar-refractivity contribution < 1.29 is 17.6 Å². The third-order valence-electron chi connectivity index (χ3n) is 3.13. The molecule has 122 valence electrons. The fourth-order valence-corrected chi connectivity index (χ4v) is 3.51. The number of halogens is 2. The van der Waals surface area contributed by atoms with E-state index >= 15 is 0 Å². The minimum Gasteiger partial charge on any atom is -0.368 e. The quantitative estimate of drug-likeness (QED) is 0.893. The van der Waals surface area contributed by atoms with E-state index in [1.165, 1.54) is 18.2 Å². The molecule has 0 spiro atoms. The van der Waals surface area contributed by atoms with Crippen molar-refractivity contribution in [3.05, 3.63) is 58.9 Å². The number of hydrogen-bond acceptors (Lipinski definition) is 3. The van der Waals surface area contributed by atoms with E-state index in [9.17, 15) is 17.6 Å². The van der Waals surface area contributed by atoms with Gasteiger partial charge in [-0.05, 0) is 55.0 Å². The Kier molecular flexibility index (Phi) is 4.91. The minimum atomic E-state index is -4.07.